The van der Waals surface area contributed by atoms with Gasteiger partial charge in [0, 0.05) is 12.5 Å². The second kappa shape index (κ2) is 8.96. The van der Waals surface area contributed by atoms with Gasteiger partial charge in [0.2, 0.25) is 5.91 Å². The molecule has 1 aliphatic rings. The van der Waals surface area contributed by atoms with E-state index in [1.54, 1.807) is 0 Å². The highest BCUT2D eigenvalue weighted by Gasteiger charge is 2.34. The second-order valence-electron chi connectivity index (χ2n) is 7.48. The van der Waals surface area contributed by atoms with Crippen LogP contribution in [-0.4, -0.2) is 15.7 Å². The summed E-state index contributed by atoms with van der Waals surface area (Å²) < 4.78 is 40.7. The van der Waals surface area contributed by atoms with E-state index in [0.29, 0.717) is 0 Å². The second-order valence-corrected chi connectivity index (χ2v) is 8.30. The molecule has 6 nitrogen and oxygen atoms in total. The number of carbonyl (C=O) groups is 1. The van der Waals surface area contributed by atoms with Crippen molar-refractivity contribution in [3.63, 3.8) is 0 Å². The zero-order valence-corrected chi connectivity index (χ0v) is 18.4. The largest absolute Gasteiger partial charge is 0.416 e. The van der Waals surface area contributed by atoms with Gasteiger partial charge in [-0.15, -0.1) is 0 Å². The number of hydrogen-bond acceptors (Lipinski definition) is 4. The number of hydrogen-bond donors (Lipinski definition) is 2. The van der Waals surface area contributed by atoms with Crippen LogP contribution in [0.1, 0.15) is 29.7 Å². The van der Waals surface area contributed by atoms with Crippen molar-refractivity contribution >= 4 is 40.6 Å². The van der Waals surface area contributed by atoms with Gasteiger partial charge in [-0.3, -0.25) is 4.79 Å². The number of alkyl halides is 3. The van der Waals surface area contributed by atoms with Gasteiger partial charge in [0.1, 0.15) is 17.4 Å². The van der Waals surface area contributed by atoms with Crippen LogP contribution in [0.2, 0.25) is 10.0 Å². The standard InChI is InChI=1S/C22H16Cl2F3N5O/c23-15-8-14(22(25,26)27)9-16(24)19(15)32-20(29-11-12-4-2-1-3-5-12)18(17(10-28)31-32)30-21(33)13-6-7-13/h1-5,8-9,13,29H,6-7,11H2,(H,30,33). The van der Waals surface area contributed by atoms with E-state index in [-0.39, 0.29) is 51.3 Å². The molecule has 33 heavy (non-hydrogen) atoms. The Bertz CT molecular complexity index is 1220. The number of amides is 1. The lowest BCUT2D eigenvalue weighted by molar-refractivity contribution is -0.137. The molecule has 4 rings (SSSR count). The summed E-state index contributed by atoms with van der Waals surface area (Å²) in [6.07, 6.45) is -3.16. The van der Waals surface area contributed by atoms with Gasteiger partial charge in [-0.2, -0.15) is 23.5 Å². The van der Waals surface area contributed by atoms with E-state index in [0.717, 1.165) is 35.2 Å². The van der Waals surface area contributed by atoms with Crippen molar-refractivity contribution in [3.8, 4) is 11.8 Å². The highest BCUT2D eigenvalue weighted by molar-refractivity contribution is 6.38. The Morgan fingerprint density at radius 2 is 1.82 bits per heavy atom. The monoisotopic (exact) mass is 493 g/mol. The van der Waals surface area contributed by atoms with E-state index < -0.39 is 11.7 Å². The van der Waals surface area contributed by atoms with Gasteiger partial charge in [-0.05, 0) is 30.5 Å². The molecule has 2 N–H and O–H groups in total. The fourth-order valence-corrected chi connectivity index (χ4v) is 3.87. The number of halogens is 5. The minimum Gasteiger partial charge on any atom is -0.364 e. The molecular weight excluding hydrogens is 478 g/mol. The fraction of sp³-hybridized carbons (Fsp3) is 0.227. The lowest BCUT2D eigenvalue weighted by Crippen LogP contribution is -2.16. The van der Waals surface area contributed by atoms with Crippen molar-refractivity contribution < 1.29 is 18.0 Å². The Kier molecular flexibility index (Phi) is 6.23. The first-order valence-electron chi connectivity index (χ1n) is 9.87. The minimum atomic E-state index is -4.65. The number of anilines is 2. The number of carbonyl (C=O) groups excluding carboxylic acids is 1. The average Bonchev–Trinajstić information content (AvgIpc) is 3.56. The normalized spacial score (nSPS) is 13.5. The highest BCUT2D eigenvalue weighted by atomic mass is 35.5. The minimum absolute atomic E-state index is 0.0506. The third-order valence-electron chi connectivity index (χ3n) is 5.05. The van der Waals surface area contributed by atoms with Crippen LogP contribution in [0.25, 0.3) is 5.69 Å². The average molecular weight is 494 g/mol. The lowest BCUT2D eigenvalue weighted by Gasteiger charge is -2.16. The summed E-state index contributed by atoms with van der Waals surface area (Å²) in [6, 6.07) is 12.6. The molecule has 0 bridgehead atoms. The Labute approximate surface area is 196 Å². The van der Waals surface area contributed by atoms with Crippen molar-refractivity contribution in [1.82, 2.24) is 9.78 Å². The van der Waals surface area contributed by atoms with Gasteiger partial charge < -0.3 is 10.6 Å². The maximum atomic E-state index is 13.2. The summed E-state index contributed by atoms with van der Waals surface area (Å²) in [4.78, 5) is 12.4. The first kappa shape index (κ1) is 23.0. The van der Waals surface area contributed by atoms with Crippen molar-refractivity contribution in [1.29, 1.82) is 5.26 Å². The third-order valence-corrected chi connectivity index (χ3v) is 5.62. The molecule has 2 aromatic carbocycles. The fourth-order valence-electron chi connectivity index (χ4n) is 3.22. The number of aromatic nitrogens is 2. The van der Waals surface area contributed by atoms with Gasteiger partial charge in [-0.25, -0.2) is 4.68 Å². The van der Waals surface area contributed by atoms with Gasteiger partial charge in [0.15, 0.2) is 11.5 Å². The molecule has 3 aromatic rings. The highest BCUT2D eigenvalue weighted by Crippen LogP contribution is 2.41. The zero-order valence-electron chi connectivity index (χ0n) is 16.9. The summed E-state index contributed by atoms with van der Waals surface area (Å²) in [6.45, 7) is 0.277. The maximum absolute atomic E-state index is 13.2. The van der Waals surface area contributed by atoms with Crippen molar-refractivity contribution in [2.75, 3.05) is 10.6 Å². The van der Waals surface area contributed by atoms with E-state index in [9.17, 15) is 23.2 Å². The number of rotatable bonds is 6. The zero-order chi connectivity index (χ0) is 23.8. The van der Waals surface area contributed by atoms with Gasteiger partial charge >= 0.3 is 6.18 Å². The molecule has 0 atom stereocenters. The Hall–Kier alpha value is -3.22. The molecule has 1 aromatic heterocycles. The third kappa shape index (κ3) is 4.92. The number of nitrogens with one attached hydrogen (secondary N) is 2. The molecule has 0 spiro atoms. The van der Waals surface area contributed by atoms with E-state index in [4.69, 9.17) is 23.2 Å². The van der Waals surface area contributed by atoms with Crippen LogP contribution in [0.3, 0.4) is 0 Å². The van der Waals surface area contributed by atoms with Crippen molar-refractivity contribution in [2.24, 2.45) is 5.92 Å². The van der Waals surface area contributed by atoms with Gasteiger partial charge in [0.05, 0.1) is 15.6 Å². The molecular formula is C22H16Cl2F3N5O. The summed E-state index contributed by atoms with van der Waals surface area (Å²) >= 11 is 12.4. The summed E-state index contributed by atoms with van der Waals surface area (Å²) in [5, 5.41) is 19.0. The maximum Gasteiger partial charge on any atom is 0.416 e. The topological polar surface area (TPSA) is 82.7 Å². The number of benzene rings is 2. The predicted octanol–water partition coefficient (Wildman–Crippen LogP) is 6.03. The molecule has 1 aliphatic carbocycles. The molecule has 1 amide bonds. The van der Waals surface area contributed by atoms with Crippen LogP contribution in [0.15, 0.2) is 42.5 Å². The van der Waals surface area contributed by atoms with E-state index in [1.807, 2.05) is 36.4 Å². The van der Waals surface area contributed by atoms with E-state index in [1.165, 1.54) is 0 Å². The van der Waals surface area contributed by atoms with E-state index >= 15 is 0 Å². The molecule has 0 saturated heterocycles. The number of nitriles is 1. The molecule has 1 saturated carbocycles. The molecule has 11 heteroatoms. The molecule has 0 radical (unpaired) electrons. The van der Waals surface area contributed by atoms with Crippen LogP contribution >= 0.6 is 23.2 Å². The summed E-state index contributed by atoms with van der Waals surface area (Å²) in [7, 11) is 0. The first-order chi connectivity index (χ1) is 15.7. The quantitative estimate of drug-likeness (QED) is 0.439. The van der Waals surface area contributed by atoms with Crippen LogP contribution in [-0.2, 0) is 17.5 Å². The summed E-state index contributed by atoms with van der Waals surface area (Å²) in [5.74, 6) is -0.244. The molecule has 1 fully saturated rings. The van der Waals surface area contributed by atoms with Gasteiger partial charge in [0.25, 0.3) is 0 Å². The predicted molar refractivity (Wildman–Crippen MR) is 118 cm³/mol. The summed E-state index contributed by atoms with van der Waals surface area (Å²) in [5.41, 5.74) is -0.211. The molecule has 170 valence electrons. The van der Waals surface area contributed by atoms with Crippen LogP contribution in [0.4, 0.5) is 24.7 Å². The Balaban J connectivity index is 1.82. The first-order valence-corrected chi connectivity index (χ1v) is 10.6. The molecule has 1 heterocycles. The molecule has 0 unspecified atom stereocenters. The van der Waals surface area contributed by atoms with Crippen molar-refractivity contribution in [3.05, 3.63) is 69.3 Å². The van der Waals surface area contributed by atoms with Gasteiger partial charge in [-0.1, -0.05) is 53.5 Å². The van der Waals surface area contributed by atoms with Crippen molar-refractivity contribution in [2.45, 2.75) is 25.6 Å². The smallest absolute Gasteiger partial charge is 0.364 e. The lowest BCUT2D eigenvalue weighted by atomic mass is 10.2. The van der Waals surface area contributed by atoms with Crippen LogP contribution in [0, 0.1) is 17.2 Å². The Morgan fingerprint density at radius 3 is 2.36 bits per heavy atom. The number of nitrogens with zero attached hydrogens (tertiary/aromatic N) is 3. The van der Waals surface area contributed by atoms with E-state index in [2.05, 4.69) is 15.7 Å². The van der Waals surface area contributed by atoms with Crippen LogP contribution < -0.4 is 10.6 Å². The SMILES string of the molecule is N#Cc1nn(-c2c(Cl)cc(C(F)(F)F)cc2Cl)c(NCc2ccccc2)c1NC(=O)C1CC1. The Morgan fingerprint density at radius 1 is 1.18 bits per heavy atom. The van der Waals surface area contributed by atoms with Crippen LogP contribution in [0.5, 0.6) is 0 Å². The molecule has 0 aliphatic heterocycles.